The summed E-state index contributed by atoms with van der Waals surface area (Å²) >= 11 is 1.09. The molecule has 3 aromatic rings. The minimum absolute atomic E-state index is 0.0402. The minimum atomic E-state index is -0.441. The van der Waals surface area contributed by atoms with Crippen LogP contribution >= 0.6 is 11.3 Å². The van der Waals surface area contributed by atoms with Gasteiger partial charge in [0.15, 0.2) is 10.9 Å². The monoisotopic (exact) mass is 399 g/mol. The van der Waals surface area contributed by atoms with E-state index in [1.54, 1.807) is 24.7 Å². The van der Waals surface area contributed by atoms with E-state index in [1.807, 2.05) is 32.0 Å². The van der Waals surface area contributed by atoms with Crippen molar-refractivity contribution < 1.29 is 14.3 Å². The lowest BCUT2D eigenvalue weighted by atomic mass is 10.1. The second kappa shape index (κ2) is 8.30. The molecule has 9 heteroatoms. The molecule has 0 aromatic carbocycles. The van der Waals surface area contributed by atoms with E-state index in [1.165, 1.54) is 6.20 Å². The first kappa shape index (κ1) is 19.7. The Kier molecular flexibility index (Phi) is 5.84. The van der Waals surface area contributed by atoms with Crippen LogP contribution in [0.5, 0.6) is 0 Å². The van der Waals surface area contributed by atoms with E-state index in [0.29, 0.717) is 27.1 Å². The summed E-state index contributed by atoms with van der Waals surface area (Å²) in [5, 5.41) is 7.45. The van der Waals surface area contributed by atoms with Crippen LogP contribution in [0.2, 0.25) is 0 Å². The fraction of sp³-hybridized carbons (Fsp3) is 0.316. The van der Waals surface area contributed by atoms with Gasteiger partial charge >= 0.3 is 5.97 Å². The number of anilines is 1. The number of aryl methyl sites for hydroxylation is 1. The first-order valence-electron chi connectivity index (χ1n) is 8.87. The van der Waals surface area contributed by atoms with Crippen LogP contribution in [0.3, 0.4) is 0 Å². The van der Waals surface area contributed by atoms with Gasteiger partial charge in [-0.1, -0.05) is 31.3 Å². The molecule has 0 unspecified atom stereocenters. The predicted octanol–water partition coefficient (Wildman–Crippen LogP) is 3.58. The van der Waals surface area contributed by atoms with E-state index in [0.717, 1.165) is 17.0 Å². The standard InChI is InChI=1S/C19H21N5O3S/c1-5-27-18(26)16-12(4)22-19(28-16)23-17(25)13-10-21-24(15(13)11(2)3)14-8-6-7-9-20-14/h6-11H,5H2,1-4H3,(H,22,23,25). The van der Waals surface area contributed by atoms with Gasteiger partial charge in [-0.2, -0.15) is 5.10 Å². The molecule has 0 aliphatic rings. The highest BCUT2D eigenvalue weighted by Crippen LogP contribution is 2.26. The Labute approximate surface area is 166 Å². The van der Waals surface area contributed by atoms with Gasteiger partial charge in [-0.05, 0) is 31.9 Å². The number of hydrogen-bond acceptors (Lipinski definition) is 7. The molecule has 0 bridgehead atoms. The van der Waals surface area contributed by atoms with E-state index < -0.39 is 5.97 Å². The molecule has 0 saturated carbocycles. The van der Waals surface area contributed by atoms with Crippen LogP contribution in [-0.2, 0) is 4.74 Å². The lowest BCUT2D eigenvalue weighted by Gasteiger charge is -2.11. The number of aromatic nitrogens is 4. The van der Waals surface area contributed by atoms with Gasteiger partial charge in [-0.25, -0.2) is 19.4 Å². The summed E-state index contributed by atoms with van der Waals surface area (Å²) in [5.74, 6) is -0.0998. The maximum absolute atomic E-state index is 12.9. The third-order valence-electron chi connectivity index (χ3n) is 3.94. The van der Waals surface area contributed by atoms with E-state index in [9.17, 15) is 9.59 Å². The molecule has 0 fully saturated rings. The van der Waals surface area contributed by atoms with Crippen molar-refractivity contribution in [2.24, 2.45) is 0 Å². The third kappa shape index (κ3) is 3.94. The average molecular weight is 399 g/mol. The largest absolute Gasteiger partial charge is 0.462 e. The molecule has 3 heterocycles. The molecule has 1 amide bonds. The van der Waals surface area contributed by atoms with Gasteiger partial charge in [0.05, 0.1) is 29.8 Å². The maximum atomic E-state index is 12.9. The van der Waals surface area contributed by atoms with Gasteiger partial charge in [-0.15, -0.1) is 0 Å². The number of hydrogen-bond donors (Lipinski definition) is 1. The molecule has 146 valence electrons. The van der Waals surface area contributed by atoms with Crippen molar-refractivity contribution in [2.45, 2.75) is 33.6 Å². The molecule has 8 nitrogen and oxygen atoms in total. The van der Waals surface area contributed by atoms with Crippen molar-refractivity contribution in [3.8, 4) is 5.82 Å². The van der Waals surface area contributed by atoms with Crippen LogP contribution in [-0.4, -0.2) is 38.2 Å². The zero-order valence-electron chi connectivity index (χ0n) is 16.1. The molecule has 0 radical (unpaired) electrons. The SMILES string of the molecule is CCOC(=O)c1sc(NC(=O)c2cnn(-c3ccccn3)c2C(C)C)nc1C. The highest BCUT2D eigenvalue weighted by atomic mass is 32.1. The van der Waals surface area contributed by atoms with Gasteiger partial charge in [0.2, 0.25) is 0 Å². The Morgan fingerprint density at radius 3 is 2.75 bits per heavy atom. The zero-order valence-corrected chi connectivity index (χ0v) is 16.9. The molecular formula is C19H21N5O3S. The third-order valence-corrected chi connectivity index (χ3v) is 5.00. The quantitative estimate of drug-likeness (QED) is 0.636. The topological polar surface area (TPSA) is 99.0 Å². The lowest BCUT2D eigenvalue weighted by molar-refractivity contribution is 0.0531. The number of pyridine rings is 1. The normalized spacial score (nSPS) is 10.9. The molecule has 3 rings (SSSR count). The molecule has 0 atom stereocenters. The summed E-state index contributed by atoms with van der Waals surface area (Å²) in [4.78, 5) is 33.8. The number of carbonyl (C=O) groups excluding carboxylic acids is 2. The smallest absolute Gasteiger partial charge is 0.350 e. The number of nitrogens with one attached hydrogen (secondary N) is 1. The summed E-state index contributed by atoms with van der Waals surface area (Å²) in [6.45, 7) is 7.70. The van der Waals surface area contributed by atoms with Gasteiger partial charge in [-0.3, -0.25) is 10.1 Å². The van der Waals surface area contributed by atoms with Gasteiger partial charge in [0, 0.05) is 6.20 Å². The van der Waals surface area contributed by atoms with Gasteiger partial charge in [0.25, 0.3) is 5.91 Å². The second-order valence-electron chi connectivity index (χ2n) is 6.31. The first-order valence-corrected chi connectivity index (χ1v) is 9.69. The number of rotatable bonds is 6. The van der Waals surface area contributed by atoms with Crippen molar-refractivity contribution in [3.05, 3.63) is 52.4 Å². The molecule has 1 N–H and O–H groups in total. The van der Waals surface area contributed by atoms with Gasteiger partial charge < -0.3 is 4.74 Å². The zero-order chi connectivity index (χ0) is 20.3. The lowest BCUT2D eigenvalue weighted by Crippen LogP contribution is -2.15. The summed E-state index contributed by atoms with van der Waals surface area (Å²) in [6.07, 6.45) is 3.20. The Bertz CT molecular complexity index is 994. The Morgan fingerprint density at radius 2 is 2.11 bits per heavy atom. The van der Waals surface area contributed by atoms with Crippen LogP contribution in [0.1, 0.15) is 58.1 Å². The Morgan fingerprint density at radius 1 is 1.32 bits per heavy atom. The number of amides is 1. The summed E-state index contributed by atoms with van der Waals surface area (Å²) in [5.41, 5.74) is 1.70. The van der Waals surface area contributed by atoms with E-state index in [2.05, 4.69) is 20.4 Å². The fourth-order valence-electron chi connectivity index (χ4n) is 2.75. The molecule has 3 aromatic heterocycles. The number of nitrogens with zero attached hydrogens (tertiary/aromatic N) is 4. The van der Waals surface area contributed by atoms with Crippen molar-refractivity contribution in [1.82, 2.24) is 19.7 Å². The van der Waals surface area contributed by atoms with Crippen molar-refractivity contribution in [3.63, 3.8) is 0 Å². The molecule has 28 heavy (non-hydrogen) atoms. The van der Waals surface area contributed by atoms with E-state index in [4.69, 9.17) is 4.74 Å². The van der Waals surface area contributed by atoms with Crippen molar-refractivity contribution >= 4 is 28.3 Å². The van der Waals surface area contributed by atoms with Crippen molar-refractivity contribution in [2.75, 3.05) is 11.9 Å². The van der Waals surface area contributed by atoms with Gasteiger partial charge in [0.1, 0.15) is 4.88 Å². The minimum Gasteiger partial charge on any atom is -0.462 e. The molecule has 0 spiro atoms. The summed E-state index contributed by atoms with van der Waals surface area (Å²) in [7, 11) is 0. The van der Waals surface area contributed by atoms with Crippen LogP contribution in [0.15, 0.2) is 30.6 Å². The number of ether oxygens (including phenoxy) is 1. The Balaban J connectivity index is 1.89. The predicted molar refractivity (Wildman–Crippen MR) is 106 cm³/mol. The van der Waals surface area contributed by atoms with Crippen LogP contribution in [0.4, 0.5) is 5.13 Å². The molecular weight excluding hydrogens is 378 g/mol. The van der Waals surface area contributed by atoms with Crippen molar-refractivity contribution in [1.29, 1.82) is 0 Å². The highest BCUT2D eigenvalue weighted by molar-refractivity contribution is 7.17. The highest BCUT2D eigenvalue weighted by Gasteiger charge is 2.23. The summed E-state index contributed by atoms with van der Waals surface area (Å²) in [6, 6.07) is 5.51. The van der Waals surface area contributed by atoms with E-state index >= 15 is 0 Å². The fourth-order valence-corrected chi connectivity index (χ4v) is 3.61. The molecule has 0 aliphatic heterocycles. The second-order valence-corrected chi connectivity index (χ2v) is 7.31. The van der Waals surface area contributed by atoms with E-state index in [-0.39, 0.29) is 18.4 Å². The Hall–Kier alpha value is -3.07. The molecule has 0 aliphatic carbocycles. The molecule has 0 saturated heterocycles. The average Bonchev–Trinajstić information content (AvgIpc) is 3.26. The number of esters is 1. The van der Waals surface area contributed by atoms with Crippen LogP contribution in [0.25, 0.3) is 5.82 Å². The first-order chi connectivity index (χ1) is 13.4. The maximum Gasteiger partial charge on any atom is 0.350 e. The number of carbonyl (C=O) groups is 2. The summed E-state index contributed by atoms with van der Waals surface area (Å²) < 4.78 is 6.68. The number of thiazole rings is 1. The van der Waals surface area contributed by atoms with Crippen LogP contribution < -0.4 is 5.32 Å². The van der Waals surface area contributed by atoms with Crippen LogP contribution in [0, 0.1) is 6.92 Å².